The fourth-order valence-electron chi connectivity index (χ4n) is 3.40. The zero-order chi connectivity index (χ0) is 20.3. The molecule has 0 atom stereocenters. The zero-order valence-electron chi connectivity index (χ0n) is 16.1. The highest BCUT2D eigenvalue weighted by Gasteiger charge is 2.12. The number of amides is 1. The van der Waals surface area contributed by atoms with E-state index in [1.54, 1.807) is 33.9 Å². The number of nitrogens with zero attached hydrogens (tertiary/aromatic N) is 6. The third-order valence-electron chi connectivity index (χ3n) is 4.82. The molecule has 0 aliphatic heterocycles. The summed E-state index contributed by atoms with van der Waals surface area (Å²) in [5.74, 6) is 0.187. The van der Waals surface area contributed by atoms with Gasteiger partial charge in [0.1, 0.15) is 6.67 Å². The van der Waals surface area contributed by atoms with Crippen LogP contribution in [-0.2, 0) is 13.2 Å². The van der Waals surface area contributed by atoms with Crippen molar-refractivity contribution < 1.29 is 4.79 Å². The van der Waals surface area contributed by atoms with Gasteiger partial charge in [-0.05, 0) is 28.5 Å². The van der Waals surface area contributed by atoms with Gasteiger partial charge in [-0.2, -0.15) is 15.3 Å². The van der Waals surface area contributed by atoms with Gasteiger partial charge in [-0.25, -0.2) is 0 Å². The number of fused-ring (bicyclic) bond motifs is 1. The molecule has 0 aliphatic rings. The maximum absolute atomic E-state index is 12.5. The zero-order valence-corrected chi connectivity index (χ0v) is 16.1. The molecule has 148 valence electrons. The van der Waals surface area contributed by atoms with Crippen molar-refractivity contribution in [3.8, 4) is 0 Å². The number of hydrogen-bond acceptors (Lipinski definition) is 4. The Hall–Kier alpha value is -4.20. The smallest absolute Gasteiger partial charge is 0.277 e. The largest absolute Gasteiger partial charge is 0.304 e. The van der Waals surface area contributed by atoms with E-state index in [1.807, 2.05) is 41.3 Å². The number of carbonyl (C=O) groups excluding carboxylic acids is 1. The molecular weight excluding hydrogens is 378 g/mol. The molecule has 2 aromatic carbocycles. The normalized spacial score (nSPS) is 11.1. The molecule has 0 radical (unpaired) electrons. The molecule has 30 heavy (non-hydrogen) atoms. The van der Waals surface area contributed by atoms with Crippen LogP contribution >= 0.6 is 0 Å². The second kappa shape index (κ2) is 7.67. The van der Waals surface area contributed by atoms with E-state index in [0.29, 0.717) is 24.7 Å². The van der Waals surface area contributed by atoms with Crippen molar-refractivity contribution in [1.29, 1.82) is 0 Å². The summed E-state index contributed by atoms with van der Waals surface area (Å²) >= 11 is 0. The number of nitrogens with one attached hydrogen (secondary N) is 1. The Morgan fingerprint density at radius 1 is 0.833 bits per heavy atom. The number of aromatic nitrogens is 6. The monoisotopic (exact) mass is 397 g/mol. The summed E-state index contributed by atoms with van der Waals surface area (Å²) in [7, 11) is 0. The highest BCUT2D eigenvalue weighted by Crippen LogP contribution is 2.19. The van der Waals surface area contributed by atoms with Crippen molar-refractivity contribution in [1.82, 2.24) is 29.3 Å². The van der Waals surface area contributed by atoms with Crippen molar-refractivity contribution in [3.05, 3.63) is 96.7 Å². The number of hydrogen-bond donors (Lipinski definition) is 1. The standard InChI is InChI=1S/C22H19N7O/c30-22(20-9-13-29(25-20)16-28-12-4-11-23-28)24-21-10-14-27(26-21)15-18-7-3-6-17-5-1-2-8-19(17)18/h1-14H,15-16H2,(H,24,26,30). The quantitative estimate of drug-likeness (QED) is 0.477. The Balaban J connectivity index is 1.27. The highest BCUT2D eigenvalue weighted by molar-refractivity contribution is 6.02. The summed E-state index contributed by atoms with van der Waals surface area (Å²) in [4.78, 5) is 12.5. The fourth-order valence-corrected chi connectivity index (χ4v) is 3.40. The topological polar surface area (TPSA) is 82.6 Å². The molecule has 0 saturated heterocycles. The molecule has 0 bridgehead atoms. The lowest BCUT2D eigenvalue weighted by Gasteiger charge is -2.07. The Bertz CT molecular complexity index is 1290. The van der Waals surface area contributed by atoms with Crippen LogP contribution in [0, 0.1) is 0 Å². The minimum absolute atomic E-state index is 0.301. The maximum Gasteiger partial charge on any atom is 0.277 e. The number of benzene rings is 2. The second-order valence-electron chi connectivity index (χ2n) is 6.92. The van der Waals surface area contributed by atoms with Crippen molar-refractivity contribution >= 4 is 22.5 Å². The summed E-state index contributed by atoms with van der Waals surface area (Å²) in [6.45, 7) is 1.07. The van der Waals surface area contributed by atoms with Gasteiger partial charge >= 0.3 is 0 Å². The van der Waals surface area contributed by atoms with Crippen LogP contribution in [0.3, 0.4) is 0 Å². The summed E-state index contributed by atoms with van der Waals surface area (Å²) in [6.07, 6.45) is 7.14. The number of rotatable bonds is 6. The lowest BCUT2D eigenvalue weighted by atomic mass is 10.0. The van der Waals surface area contributed by atoms with E-state index in [-0.39, 0.29) is 5.91 Å². The molecule has 0 fully saturated rings. The molecule has 5 rings (SSSR count). The van der Waals surface area contributed by atoms with Crippen LogP contribution in [-0.4, -0.2) is 35.2 Å². The highest BCUT2D eigenvalue weighted by atomic mass is 16.2. The van der Waals surface area contributed by atoms with Gasteiger partial charge in [-0.3, -0.25) is 18.8 Å². The van der Waals surface area contributed by atoms with E-state index >= 15 is 0 Å². The predicted molar refractivity (Wildman–Crippen MR) is 113 cm³/mol. The molecule has 0 aliphatic carbocycles. The summed E-state index contributed by atoms with van der Waals surface area (Å²) in [5.41, 5.74) is 1.50. The lowest BCUT2D eigenvalue weighted by molar-refractivity contribution is 0.102. The summed E-state index contributed by atoms with van der Waals surface area (Å²) in [5, 5.41) is 18.1. The van der Waals surface area contributed by atoms with Crippen LogP contribution in [0.15, 0.2) is 85.5 Å². The SMILES string of the molecule is O=C(Nc1ccn(Cc2cccc3ccccc23)n1)c1ccn(Cn2cccn2)n1. The molecular formula is C22H19N7O. The molecule has 8 nitrogen and oxygen atoms in total. The van der Waals surface area contributed by atoms with Crippen molar-refractivity contribution in [2.45, 2.75) is 13.2 Å². The molecule has 0 unspecified atom stereocenters. The van der Waals surface area contributed by atoms with E-state index in [2.05, 4.69) is 44.9 Å². The van der Waals surface area contributed by atoms with Gasteiger partial charge in [0.25, 0.3) is 5.91 Å². The van der Waals surface area contributed by atoms with Gasteiger partial charge in [0.2, 0.25) is 0 Å². The lowest BCUT2D eigenvalue weighted by Crippen LogP contribution is -2.15. The molecule has 1 amide bonds. The second-order valence-corrected chi connectivity index (χ2v) is 6.92. The van der Waals surface area contributed by atoms with Gasteiger partial charge in [0.15, 0.2) is 11.5 Å². The molecule has 0 spiro atoms. The first-order chi connectivity index (χ1) is 14.7. The van der Waals surface area contributed by atoms with Crippen LogP contribution in [0.1, 0.15) is 16.1 Å². The maximum atomic E-state index is 12.5. The first kappa shape index (κ1) is 17.9. The first-order valence-electron chi connectivity index (χ1n) is 9.57. The van der Waals surface area contributed by atoms with Crippen molar-refractivity contribution in [2.75, 3.05) is 5.32 Å². The Morgan fingerprint density at radius 3 is 2.60 bits per heavy atom. The van der Waals surface area contributed by atoms with Crippen LogP contribution in [0.4, 0.5) is 5.82 Å². The van der Waals surface area contributed by atoms with Gasteiger partial charge in [-0.15, -0.1) is 0 Å². The Labute approximate surface area is 172 Å². The molecule has 5 aromatic rings. The molecule has 1 N–H and O–H groups in total. The minimum Gasteiger partial charge on any atom is -0.304 e. The number of anilines is 1. The summed E-state index contributed by atoms with van der Waals surface area (Å²) < 4.78 is 5.19. The van der Waals surface area contributed by atoms with Crippen LogP contribution in [0.25, 0.3) is 10.8 Å². The third kappa shape index (κ3) is 3.70. The first-order valence-corrected chi connectivity index (χ1v) is 9.57. The van der Waals surface area contributed by atoms with E-state index in [4.69, 9.17) is 0 Å². The molecule has 8 heteroatoms. The van der Waals surface area contributed by atoms with Crippen LogP contribution < -0.4 is 5.32 Å². The van der Waals surface area contributed by atoms with Gasteiger partial charge in [0.05, 0.1) is 6.54 Å². The van der Waals surface area contributed by atoms with Crippen LogP contribution in [0.2, 0.25) is 0 Å². The predicted octanol–water partition coefficient (Wildman–Crippen LogP) is 3.24. The van der Waals surface area contributed by atoms with Crippen molar-refractivity contribution in [3.63, 3.8) is 0 Å². The third-order valence-corrected chi connectivity index (χ3v) is 4.82. The average Bonchev–Trinajstić information content (AvgIpc) is 3.52. The van der Waals surface area contributed by atoms with E-state index in [0.717, 1.165) is 0 Å². The summed E-state index contributed by atoms with van der Waals surface area (Å²) in [6, 6.07) is 19.8. The molecule has 0 saturated carbocycles. The van der Waals surface area contributed by atoms with E-state index in [1.165, 1.54) is 16.3 Å². The molecule has 3 heterocycles. The van der Waals surface area contributed by atoms with Gasteiger partial charge in [0, 0.05) is 30.9 Å². The van der Waals surface area contributed by atoms with E-state index in [9.17, 15) is 4.79 Å². The fraction of sp³-hybridized carbons (Fsp3) is 0.0909. The molecule has 3 aromatic heterocycles. The van der Waals surface area contributed by atoms with Crippen molar-refractivity contribution in [2.24, 2.45) is 0 Å². The van der Waals surface area contributed by atoms with Gasteiger partial charge in [-0.1, -0.05) is 42.5 Å². The number of carbonyl (C=O) groups is 1. The van der Waals surface area contributed by atoms with E-state index < -0.39 is 0 Å². The minimum atomic E-state index is -0.301. The Morgan fingerprint density at radius 2 is 1.70 bits per heavy atom. The van der Waals surface area contributed by atoms with Gasteiger partial charge < -0.3 is 5.32 Å². The average molecular weight is 397 g/mol. The van der Waals surface area contributed by atoms with Crippen LogP contribution in [0.5, 0.6) is 0 Å². The Kier molecular flexibility index (Phi) is 4.57.